The monoisotopic (exact) mass is 422 g/mol. The van der Waals surface area contributed by atoms with E-state index in [9.17, 15) is 13.2 Å². The maximum absolute atomic E-state index is 12.5. The third-order valence-corrected chi connectivity index (χ3v) is 5.64. The SMILES string of the molecule is Cc1ccc(C(N)C(=O)Nc2cccc(S(=O)(=O)NC3=NCCC3)c2)cc1.Cl. The molecule has 1 aliphatic heterocycles. The topological polar surface area (TPSA) is 114 Å². The normalized spacial score (nSPS) is 14.6. The lowest BCUT2D eigenvalue weighted by molar-refractivity contribution is -0.117. The summed E-state index contributed by atoms with van der Waals surface area (Å²) in [4.78, 5) is 16.6. The highest BCUT2D eigenvalue weighted by molar-refractivity contribution is 7.90. The van der Waals surface area contributed by atoms with Gasteiger partial charge in [-0.05, 0) is 37.1 Å². The molecule has 0 radical (unpaired) electrons. The largest absolute Gasteiger partial charge is 0.324 e. The lowest BCUT2D eigenvalue weighted by Crippen LogP contribution is -2.30. The molecular weight excluding hydrogens is 400 g/mol. The molecule has 0 aromatic heterocycles. The predicted molar refractivity (Wildman–Crippen MR) is 112 cm³/mol. The minimum atomic E-state index is -3.74. The van der Waals surface area contributed by atoms with Crippen molar-refractivity contribution < 1.29 is 13.2 Å². The Morgan fingerprint density at radius 1 is 1.18 bits per heavy atom. The van der Waals surface area contributed by atoms with Crippen LogP contribution < -0.4 is 15.8 Å². The van der Waals surface area contributed by atoms with E-state index >= 15 is 0 Å². The van der Waals surface area contributed by atoms with E-state index < -0.39 is 22.0 Å². The molecule has 1 unspecified atom stereocenters. The van der Waals surface area contributed by atoms with Crippen molar-refractivity contribution in [1.82, 2.24) is 4.72 Å². The number of sulfonamides is 1. The fourth-order valence-corrected chi connectivity index (χ4v) is 3.86. The van der Waals surface area contributed by atoms with E-state index in [1.165, 1.54) is 12.1 Å². The van der Waals surface area contributed by atoms with Crippen LogP contribution in [0, 0.1) is 6.92 Å². The average molecular weight is 423 g/mol. The Hall–Kier alpha value is -2.42. The van der Waals surface area contributed by atoms with Crippen molar-refractivity contribution in [3.8, 4) is 0 Å². The maximum atomic E-state index is 12.5. The van der Waals surface area contributed by atoms with Crippen LogP contribution in [0.2, 0.25) is 0 Å². The Kier molecular flexibility index (Phi) is 7.17. The highest BCUT2D eigenvalue weighted by Crippen LogP contribution is 2.19. The van der Waals surface area contributed by atoms with E-state index in [1.807, 2.05) is 19.1 Å². The molecule has 7 nitrogen and oxygen atoms in total. The van der Waals surface area contributed by atoms with Crippen LogP contribution in [0.25, 0.3) is 0 Å². The summed E-state index contributed by atoms with van der Waals surface area (Å²) in [6.45, 7) is 2.58. The fourth-order valence-electron chi connectivity index (χ4n) is 2.72. The van der Waals surface area contributed by atoms with E-state index in [-0.39, 0.29) is 17.3 Å². The second-order valence-corrected chi connectivity index (χ2v) is 8.13. The van der Waals surface area contributed by atoms with Crippen molar-refractivity contribution in [2.45, 2.75) is 30.7 Å². The van der Waals surface area contributed by atoms with Crippen molar-refractivity contribution in [3.63, 3.8) is 0 Å². The first-order valence-electron chi connectivity index (χ1n) is 8.64. The number of amides is 1. The van der Waals surface area contributed by atoms with Gasteiger partial charge in [-0.1, -0.05) is 35.9 Å². The number of hydrogen-bond acceptors (Lipinski definition) is 5. The van der Waals surface area contributed by atoms with Crippen LogP contribution in [0.1, 0.15) is 30.0 Å². The fraction of sp³-hybridized carbons (Fsp3) is 0.263. The number of aryl methyl sites for hydroxylation is 1. The first-order valence-corrected chi connectivity index (χ1v) is 10.1. The lowest BCUT2D eigenvalue weighted by atomic mass is 10.1. The second-order valence-electron chi connectivity index (χ2n) is 6.44. The zero-order chi connectivity index (χ0) is 19.4. The number of nitrogens with two attached hydrogens (primary N) is 1. The van der Waals surface area contributed by atoms with Crippen LogP contribution in [0.4, 0.5) is 5.69 Å². The molecule has 0 spiro atoms. The summed E-state index contributed by atoms with van der Waals surface area (Å²) in [6, 6.07) is 12.6. The molecule has 150 valence electrons. The standard InChI is InChI=1S/C19H22N4O3S.ClH/c1-13-7-9-14(10-8-13)18(20)19(24)22-15-4-2-5-16(12-15)27(25,26)23-17-6-3-11-21-17;/h2,4-5,7-10,12,18H,3,6,11,20H2,1H3,(H,21,23)(H,22,24);1H. The Morgan fingerprint density at radius 2 is 1.89 bits per heavy atom. The van der Waals surface area contributed by atoms with Gasteiger partial charge in [0.2, 0.25) is 5.91 Å². The van der Waals surface area contributed by atoms with Crippen LogP contribution in [-0.2, 0) is 14.8 Å². The molecule has 1 amide bonds. The van der Waals surface area contributed by atoms with Gasteiger partial charge in [-0.2, -0.15) is 0 Å². The van der Waals surface area contributed by atoms with Gasteiger partial charge in [-0.3, -0.25) is 14.5 Å². The van der Waals surface area contributed by atoms with Gasteiger partial charge in [0.1, 0.15) is 11.9 Å². The molecule has 4 N–H and O–H groups in total. The van der Waals surface area contributed by atoms with E-state index in [0.717, 1.165) is 12.0 Å². The summed E-state index contributed by atoms with van der Waals surface area (Å²) in [7, 11) is -3.74. The molecule has 0 bridgehead atoms. The van der Waals surface area contributed by atoms with Gasteiger partial charge in [0, 0.05) is 18.7 Å². The van der Waals surface area contributed by atoms with Gasteiger partial charge in [0.15, 0.2) is 0 Å². The lowest BCUT2D eigenvalue weighted by Gasteiger charge is -2.14. The Labute approximate surface area is 170 Å². The van der Waals surface area contributed by atoms with Crippen molar-refractivity contribution in [2.24, 2.45) is 10.7 Å². The van der Waals surface area contributed by atoms with Crippen LogP contribution in [-0.4, -0.2) is 26.7 Å². The van der Waals surface area contributed by atoms with E-state index in [2.05, 4.69) is 15.0 Å². The minimum absolute atomic E-state index is 0. The Bertz CT molecular complexity index is 975. The number of hydrogen-bond donors (Lipinski definition) is 3. The van der Waals surface area contributed by atoms with Gasteiger partial charge in [0.05, 0.1) is 4.90 Å². The van der Waals surface area contributed by atoms with Crippen molar-refractivity contribution >= 4 is 39.9 Å². The predicted octanol–water partition coefficient (Wildman–Crippen LogP) is 2.53. The molecule has 2 aromatic carbocycles. The van der Waals surface area contributed by atoms with Gasteiger partial charge < -0.3 is 11.1 Å². The van der Waals surface area contributed by atoms with Gasteiger partial charge in [-0.25, -0.2) is 8.42 Å². The number of carbonyl (C=O) groups is 1. The molecule has 1 aliphatic rings. The number of nitrogens with zero attached hydrogens (tertiary/aromatic N) is 1. The molecule has 0 fully saturated rings. The van der Waals surface area contributed by atoms with Crippen molar-refractivity contribution in [3.05, 3.63) is 59.7 Å². The van der Waals surface area contributed by atoms with Crippen LogP contribution in [0.5, 0.6) is 0 Å². The van der Waals surface area contributed by atoms with E-state index in [1.54, 1.807) is 24.3 Å². The highest BCUT2D eigenvalue weighted by atomic mass is 35.5. The van der Waals surface area contributed by atoms with Crippen molar-refractivity contribution in [2.75, 3.05) is 11.9 Å². The molecule has 1 atom stereocenters. The molecule has 2 aromatic rings. The quantitative estimate of drug-likeness (QED) is 0.686. The molecule has 3 rings (SSSR count). The number of nitrogens with one attached hydrogen (secondary N) is 2. The molecule has 0 saturated heterocycles. The summed E-state index contributed by atoms with van der Waals surface area (Å²) in [5, 5.41) is 2.67. The number of aliphatic imine (C=N–C) groups is 1. The zero-order valence-corrected chi connectivity index (χ0v) is 17.0. The third-order valence-electron chi connectivity index (χ3n) is 4.26. The maximum Gasteiger partial charge on any atom is 0.262 e. The summed E-state index contributed by atoms with van der Waals surface area (Å²) < 4.78 is 27.5. The highest BCUT2D eigenvalue weighted by Gasteiger charge is 2.20. The summed E-state index contributed by atoms with van der Waals surface area (Å²) >= 11 is 0. The third kappa shape index (κ3) is 5.31. The Balaban J connectivity index is 0.00000280. The number of anilines is 1. The number of benzene rings is 2. The minimum Gasteiger partial charge on any atom is -0.324 e. The number of halogens is 1. The number of rotatable bonds is 5. The Morgan fingerprint density at radius 3 is 2.54 bits per heavy atom. The van der Waals surface area contributed by atoms with E-state index in [4.69, 9.17) is 5.73 Å². The summed E-state index contributed by atoms with van der Waals surface area (Å²) in [5.41, 5.74) is 8.13. The number of carbonyl (C=O) groups excluding carboxylic acids is 1. The summed E-state index contributed by atoms with van der Waals surface area (Å²) in [6.07, 6.45) is 1.45. The molecular formula is C19H23ClN4O3S. The van der Waals surface area contributed by atoms with Crippen molar-refractivity contribution in [1.29, 1.82) is 0 Å². The number of amidine groups is 1. The van der Waals surface area contributed by atoms with Crippen LogP contribution in [0.3, 0.4) is 0 Å². The van der Waals surface area contributed by atoms with Gasteiger partial charge in [0.25, 0.3) is 10.0 Å². The zero-order valence-electron chi connectivity index (χ0n) is 15.4. The molecule has 0 aliphatic carbocycles. The smallest absolute Gasteiger partial charge is 0.262 e. The molecule has 0 saturated carbocycles. The van der Waals surface area contributed by atoms with Crippen LogP contribution in [0.15, 0.2) is 58.4 Å². The van der Waals surface area contributed by atoms with Gasteiger partial charge in [-0.15, -0.1) is 12.4 Å². The molecule has 9 heteroatoms. The molecule has 28 heavy (non-hydrogen) atoms. The molecule has 1 heterocycles. The van der Waals surface area contributed by atoms with E-state index in [0.29, 0.717) is 30.1 Å². The average Bonchev–Trinajstić information content (AvgIpc) is 3.14. The summed E-state index contributed by atoms with van der Waals surface area (Å²) in [5.74, 6) is 0.0485. The first kappa shape index (κ1) is 21.9. The first-order chi connectivity index (χ1) is 12.8. The van der Waals surface area contributed by atoms with Gasteiger partial charge >= 0.3 is 0 Å². The van der Waals surface area contributed by atoms with Crippen LogP contribution >= 0.6 is 12.4 Å². The second kappa shape index (κ2) is 9.18.